The van der Waals surface area contributed by atoms with E-state index < -0.39 is 5.92 Å². The van der Waals surface area contributed by atoms with Gasteiger partial charge in [-0.3, -0.25) is 4.79 Å². The number of ketones is 1. The molecule has 0 radical (unpaired) electrons. The summed E-state index contributed by atoms with van der Waals surface area (Å²) in [7, 11) is 0. The minimum Gasteiger partial charge on any atom is -0.292 e. The molecule has 0 aliphatic carbocycles. The summed E-state index contributed by atoms with van der Waals surface area (Å²) in [5.74, 6) is -1.14. The fourth-order valence-corrected chi connectivity index (χ4v) is 2.78. The summed E-state index contributed by atoms with van der Waals surface area (Å²) >= 11 is 1.33. The number of hydrogen-bond acceptors (Lipinski definition) is 4. The van der Waals surface area contributed by atoms with Gasteiger partial charge in [0.15, 0.2) is 11.7 Å². The summed E-state index contributed by atoms with van der Waals surface area (Å²) in [6.07, 6.45) is 3.13. The van der Waals surface area contributed by atoms with Gasteiger partial charge in [0.05, 0.1) is 11.8 Å². The molecule has 0 aliphatic heterocycles. The van der Waals surface area contributed by atoms with Crippen LogP contribution in [0.3, 0.4) is 0 Å². The second-order valence-corrected chi connectivity index (χ2v) is 5.20. The molecule has 1 aromatic carbocycles. The number of rotatable bonds is 5. The average Bonchev–Trinajstić information content (AvgIpc) is 3.00. The van der Waals surface area contributed by atoms with Crippen molar-refractivity contribution in [3.8, 4) is 17.3 Å². The van der Waals surface area contributed by atoms with Crippen molar-refractivity contribution in [1.29, 1.82) is 5.26 Å². The molecule has 0 fully saturated rings. The lowest BCUT2D eigenvalue weighted by molar-refractivity contribution is -0.115. The molecule has 21 heavy (non-hydrogen) atoms. The first kappa shape index (κ1) is 14.9. The van der Waals surface area contributed by atoms with Crippen molar-refractivity contribution in [1.82, 2.24) is 4.98 Å². The van der Waals surface area contributed by atoms with Crippen LogP contribution in [0.1, 0.15) is 17.8 Å². The Bertz CT molecular complexity index is 723. The summed E-state index contributed by atoms with van der Waals surface area (Å²) in [4.78, 5) is 16.7. The van der Waals surface area contributed by atoms with Crippen LogP contribution in [0.5, 0.6) is 0 Å². The van der Waals surface area contributed by atoms with Crippen molar-refractivity contribution in [3.63, 3.8) is 0 Å². The lowest BCUT2D eigenvalue weighted by Crippen LogP contribution is -2.12. The molecule has 0 spiro atoms. The Morgan fingerprint density at radius 2 is 2.14 bits per heavy atom. The topological polar surface area (TPSA) is 53.8 Å². The predicted octanol–water partition coefficient (Wildman–Crippen LogP) is 4.12. The van der Waals surface area contributed by atoms with Crippen LogP contribution in [0.2, 0.25) is 0 Å². The van der Waals surface area contributed by atoms with E-state index in [4.69, 9.17) is 0 Å². The number of hydrogen-bond donors (Lipinski definition) is 0. The van der Waals surface area contributed by atoms with E-state index in [1.54, 1.807) is 13.0 Å². The molecule has 3 nitrogen and oxygen atoms in total. The Balaban J connectivity index is 2.34. The largest absolute Gasteiger partial charge is 0.292 e. The molecule has 2 rings (SSSR count). The predicted molar refractivity (Wildman–Crippen MR) is 84.9 cm³/mol. The van der Waals surface area contributed by atoms with Crippen LogP contribution in [-0.2, 0) is 4.79 Å². The molecule has 1 heterocycles. The SMILES string of the molecule is C=C/C(=C\C)C(=O)C(C#N)c1nc(-c2ccccc2)cs1. The van der Waals surface area contributed by atoms with Gasteiger partial charge in [0.25, 0.3) is 0 Å². The van der Waals surface area contributed by atoms with Crippen LogP contribution >= 0.6 is 11.3 Å². The molecule has 0 amide bonds. The van der Waals surface area contributed by atoms with Gasteiger partial charge in [-0.25, -0.2) is 4.98 Å². The number of carbonyl (C=O) groups is 1. The average molecular weight is 294 g/mol. The molecular formula is C17H14N2OS. The zero-order valence-corrected chi connectivity index (χ0v) is 12.4. The van der Waals surface area contributed by atoms with E-state index in [0.29, 0.717) is 10.6 Å². The van der Waals surface area contributed by atoms with Crippen molar-refractivity contribution in [2.75, 3.05) is 0 Å². The highest BCUT2D eigenvalue weighted by Crippen LogP contribution is 2.28. The Morgan fingerprint density at radius 3 is 2.71 bits per heavy atom. The first-order chi connectivity index (χ1) is 10.2. The number of nitrogens with zero attached hydrogens (tertiary/aromatic N) is 2. The highest BCUT2D eigenvalue weighted by atomic mass is 32.1. The van der Waals surface area contributed by atoms with Gasteiger partial charge >= 0.3 is 0 Å². The Morgan fingerprint density at radius 1 is 1.43 bits per heavy atom. The van der Waals surface area contributed by atoms with Gasteiger partial charge < -0.3 is 0 Å². The molecule has 0 N–H and O–H groups in total. The lowest BCUT2D eigenvalue weighted by atomic mass is 9.99. The van der Waals surface area contributed by atoms with Gasteiger partial charge in [0, 0.05) is 16.5 Å². The number of allylic oxidation sites excluding steroid dienone is 3. The smallest absolute Gasteiger partial charge is 0.186 e. The van der Waals surface area contributed by atoms with Crippen molar-refractivity contribution in [2.45, 2.75) is 12.8 Å². The highest BCUT2D eigenvalue weighted by Gasteiger charge is 2.25. The van der Waals surface area contributed by atoms with E-state index in [0.717, 1.165) is 11.3 Å². The van der Waals surface area contributed by atoms with E-state index in [1.165, 1.54) is 17.4 Å². The van der Waals surface area contributed by atoms with Crippen LogP contribution in [0.4, 0.5) is 0 Å². The molecule has 0 bridgehead atoms. The van der Waals surface area contributed by atoms with Gasteiger partial charge in [-0.05, 0) is 6.92 Å². The number of benzene rings is 1. The van der Waals surface area contributed by atoms with E-state index in [1.807, 2.05) is 41.8 Å². The molecule has 1 atom stereocenters. The zero-order chi connectivity index (χ0) is 15.2. The molecule has 1 unspecified atom stereocenters. The van der Waals surface area contributed by atoms with E-state index in [2.05, 4.69) is 11.6 Å². The fourth-order valence-electron chi connectivity index (χ4n) is 1.92. The summed E-state index contributed by atoms with van der Waals surface area (Å²) in [5, 5.41) is 11.7. The molecule has 2 aromatic rings. The van der Waals surface area contributed by atoms with Crippen LogP contribution in [0.25, 0.3) is 11.3 Å². The van der Waals surface area contributed by atoms with Crippen LogP contribution in [0, 0.1) is 11.3 Å². The minimum atomic E-state index is -0.878. The minimum absolute atomic E-state index is 0.260. The summed E-state index contributed by atoms with van der Waals surface area (Å²) in [5.41, 5.74) is 2.20. The van der Waals surface area contributed by atoms with Crippen molar-refractivity contribution < 1.29 is 4.79 Å². The summed E-state index contributed by atoms with van der Waals surface area (Å²) in [6.45, 7) is 5.35. The van der Waals surface area contributed by atoms with Crippen molar-refractivity contribution in [2.24, 2.45) is 0 Å². The Hall–Kier alpha value is -2.51. The molecule has 1 aromatic heterocycles. The third-order valence-corrected chi connectivity index (χ3v) is 3.95. The van der Waals surface area contributed by atoms with Crippen LogP contribution < -0.4 is 0 Å². The van der Waals surface area contributed by atoms with Gasteiger partial charge in [0.1, 0.15) is 5.01 Å². The maximum atomic E-state index is 12.3. The fraction of sp³-hybridized carbons (Fsp3) is 0.118. The van der Waals surface area contributed by atoms with Gasteiger partial charge in [-0.15, -0.1) is 11.3 Å². The monoisotopic (exact) mass is 294 g/mol. The second-order valence-electron chi connectivity index (χ2n) is 4.31. The molecule has 104 valence electrons. The second kappa shape index (κ2) is 6.78. The first-order valence-corrected chi connectivity index (χ1v) is 7.32. The van der Waals surface area contributed by atoms with E-state index >= 15 is 0 Å². The number of thiazole rings is 1. The molecular weight excluding hydrogens is 280 g/mol. The van der Waals surface area contributed by atoms with E-state index in [9.17, 15) is 10.1 Å². The van der Waals surface area contributed by atoms with Crippen molar-refractivity contribution in [3.05, 3.63) is 65.0 Å². The summed E-state index contributed by atoms with van der Waals surface area (Å²) in [6, 6.07) is 11.7. The van der Waals surface area contributed by atoms with Gasteiger partial charge in [-0.1, -0.05) is 49.1 Å². The molecule has 4 heteroatoms. The Kier molecular flexibility index (Phi) is 4.81. The third-order valence-electron chi connectivity index (χ3n) is 3.05. The molecule has 0 saturated heterocycles. The lowest BCUT2D eigenvalue weighted by Gasteiger charge is -2.05. The van der Waals surface area contributed by atoms with E-state index in [-0.39, 0.29) is 5.78 Å². The summed E-state index contributed by atoms with van der Waals surface area (Å²) < 4.78 is 0. The quantitative estimate of drug-likeness (QED) is 0.615. The molecule has 0 saturated carbocycles. The van der Waals surface area contributed by atoms with Gasteiger partial charge in [-0.2, -0.15) is 5.26 Å². The third kappa shape index (κ3) is 3.15. The number of Topliss-reactive ketones (excluding diaryl/α,β-unsaturated/α-hetero) is 1. The zero-order valence-electron chi connectivity index (χ0n) is 11.6. The normalized spacial score (nSPS) is 12.5. The number of carbonyl (C=O) groups excluding carboxylic acids is 1. The molecule has 0 aliphatic rings. The first-order valence-electron chi connectivity index (χ1n) is 6.44. The maximum absolute atomic E-state index is 12.3. The Labute approximate surface area is 127 Å². The van der Waals surface area contributed by atoms with Crippen LogP contribution in [0.15, 0.2) is 60.0 Å². The van der Waals surface area contributed by atoms with Crippen molar-refractivity contribution >= 4 is 17.1 Å². The number of aromatic nitrogens is 1. The highest BCUT2D eigenvalue weighted by molar-refractivity contribution is 7.10. The standard InChI is InChI=1S/C17H14N2OS/c1-3-12(4-2)16(20)14(10-18)17-19-15(11-21-17)13-8-6-5-7-9-13/h3-9,11,14H,1H2,2H3/b12-4+. The maximum Gasteiger partial charge on any atom is 0.186 e. The number of nitriles is 1. The van der Waals surface area contributed by atoms with Crippen LogP contribution in [-0.4, -0.2) is 10.8 Å². The van der Waals surface area contributed by atoms with Gasteiger partial charge in [0.2, 0.25) is 0 Å².